The van der Waals surface area contributed by atoms with Gasteiger partial charge in [0, 0.05) is 30.7 Å². The molecule has 5 heterocycles. The van der Waals surface area contributed by atoms with Gasteiger partial charge in [-0.15, -0.1) is 0 Å². The Bertz CT molecular complexity index is 1360. The van der Waals surface area contributed by atoms with Gasteiger partial charge >= 0.3 is 16.2 Å². The van der Waals surface area contributed by atoms with Crippen LogP contribution in [0.25, 0.3) is 0 Å². The molecule has 2 aliphatic heterocycles. The lowest BCUT2D eigenvalue weighted by atomic mass is 9.80. The molecular weight excluding hydrogens is 501 g/mol. The Hall–Kier alpha value is -2.97. The quantitative estimate of drug-likeness (QED) is 0.507. The van der Waals surface area contributed by atoms with Crippen molar-refractivity contribution in [2.24, 2.45) is 0 Å². The van der Waals surface area contributed by atoms with Crippen LogP contribution < -0.4 is 0 Å². The van der Waals surface area contributed by atoms with Gasteiger partial charge in [-0.2, -0.15) is 35.9 Å². The molecule has 10 nitrogen and oxygen atoms in total. The highest BCUT2D eigenvalue weighted by atomic mass is 35.5. The fourth-order valence-corrected chi connectivity index (χ4v) is 5.36. The lowest BCUT2D eigenvalue weighted by Gasteiger charge is -2.41. The topological polar surface area (TPSA) is 112 Å². The van der Waals surface area contributed by atoms with Crippen LogP contribution in [-0.4, -0.2) is 62.6 Å². The van der Waals surface area contributed by atoms with Crippen LogP contribution in [0.4, 0.5) is 13.2 Å². The van der Waals surface area contributed by atoms with Crippen molar-refractivity contribution in [3.05, 3.63) is 58.8 Å². The Morgan fingerprint density at radius 3 is 2.59 bits per heavy atom. The molecule has 1 amide bonds. The maximum atomic E-state index is 13.4. The molecule has 0 bridgehead atoms. The summed E-state index contributed by atoms with van der Waals surface area (Å²) in [6, 6.07) is 4.27. The van der Waals surface area contributed by atoms with Gasteiger partial charge in [0.1, 0.15) is 12.0 Å². The van der Waals surface area contributed by atoms with E-state index < -0.39 is 33.2 Å². The molecule has 3 aromatic rings. The molecular formula is C19H16ClF3N6O4S. The van der Waals surface area contributed by atoms with Crippen molar-refractivity contribution < 1.29 is 31.1 Å². The summed E-state index contributed by atoms with van der Waals surface area (Å²) in [6.45, 7) is -1.04. The number of halogens is 4. The van der Waals surface area contributed by atoms with Gasteiger partial charge in [0.15, 0.2) is 5.03 Å². The van der Waals surface area contributed by atoms with E-state index in [0.717, 1.165) is 12.3 Å². The number of hydrogen-bond donors (Lipinski definition) is 0. The van der Waals surface area contributed by atoms with Crippen LogP contribution >= 0.6 is 11.6 Å². The van der Waals surface area contributed by atoms with Crippen LogP contribution in [0.3, 0.4) is 0 Å². The first kappa shape index (κ1) is 22.8. The second-order valence-electron chi connectivity index (χ2n) is 8.02. The number of nitrogens with zero attached hydrogens (tertiary/aromatic N) is 6. The van der Waals surface area contributed by atoms with Gasteiger partial charge in [0.2, 0.25) is 5.91 Å². The number of alkyl halides is 3. The number of rotatable bonds is 5. The number of pyridine rings is 1. The molecule has 0 aromatic carbocycles. The monoisotopic (exact) mass is 516 g/mol. The Labute approximate surface area is 195 Å². The van der Waals surface area contributed by atoms with Crippen molar-refractivity contribution in [3.8, 4) is 0 Å². The van der Waals surface area contributed by atoms with Crippen LogP contribution in [0.2, 0.25) is 5.02 Å². The second-order valence-corrected chi connectivity index (χ2v) is 10.2. The van der Waals surface area contributed by atoms with Gasteiger partial charge in [0.05, 0.1) is 36.2 Å². The number of ether oxygens (including phenoxy) is 1. The average molecular weight is 517 g/mol. The average Bonchev–Trinajstić information content (AvgIpc) is 3.42. The van der Waals surface area contributed by atoms with Crippen molar-refractivity contribution in [3.63, 3.8) is 0 Å². The lowest BCUT2D eigenvalue weighted by molar-refractivity contribution is -0.157. The Morgan fingerprint density at radius 1 is 1.21 bits per heavy atom. The van der Waals surface area contributed by atoms with Gasteiger partial charge < -0.3 is 9.64 Å². The van der Waals surface area contributed by atoms with E-state index in [2.05, 4.69) is 15.2 Å². The highest BCUT2D eigenvalue weighted by Gasteiger charge is 2.52. The van der Waals surface area contributed by atoms with E-state index in [0.29, 0.717) is 30.7 Å². The van der Waals surface area contributed by atoms with Crippen molar-refractivity contribution >= 4 is 27.5 Å². The van der Waals surface area contributed by atoms with Gasteiger partial charge in [-0.3, -0.25) is 14.5 Å². The minimum Gasteiger partial charge on any atom is -0.378 e. The Kier molecular flexibility index (Phi) is 5.22. The number of aromatic nitrogens is 5. The van der Waals surface area contributed by atoms with E-state index in [1.54, 1.807) is 18.3 Å². The molecule has 0 saturated carbocycles. The Morgan fingerprint density at radius 2 is 1.97 bits per heavy atom. The molecule has 180 valence electrons. The highest BCUT2D eigenvalue weighted by Crippen LogP contribution is 2.39. The van der Waals surface area contributed by atoms with Crippen LogP contribution in [-0.2, 0) is 44.6 Å². The number of amides is 1. The molecule has 1 saturated heterocycles. The SMILES string of the molecule is O=C(N1Cc2cn(S(=O)(=O)c3ccn(CC(F)(F)F)n3)nc2C1)C1(c2ncccc2Cl)COC1. The van der Waals surface area contributed by atoms with Gasteiger partial charge in [0.25, 0.3) is 0 Å². The van der Waals surface area contributed by atoms with Gasteiger partial charge in [-0.05, 0) is 18.2 Å². The maximum Gasteiger partial charge on any atom is 0.408 e. The lowest BCUT2D eigenvalue weighted by Crippen LogP contribution is -2.58. The summed E-state index contributed by atoms with van der Waals surface area (Å²) in [4.78, 5) is 19.2. The molecule has 5 rings (SSSR count). The second kappa shape index (κ2) is 7.78. The van der Waals surface area contributed by atoms with Crippen LogP contribution in [0, 0.1) is 0 Å². The van der Waals surface area contributed by atoms with E-state index >= 15 is 0 Å². The predicted octanol–water partition coefficient (Wildman–Crippen LogP) is 1.74. The maximum absolute atomic E-state index is 13.4. The molecule has 34 heavy (non-hydrogen) atoms. The van der Waals surface area contributed by atoms with Crippen molar-refractivity contribution in [2.75, 3.05) is 13.2 Å². The minimum absolute atomic E-state index is 0.0470. The summed E-state index contributed by atoms with van der Waals surface area (Å²) in [5.74, 6) is -0.266. The van der Waals surface area contributed by atoms with E-state index in [1.165, 1.54) is 11.1 Å². The molecule has 1 fully saturated rings. The van der Waals surface area contributed by atoms with E-state index in [-0.39, 0.29) is 32.2 Å². The number of carbonyl (C=O) groups is 1. The zero-order chi connectivity index (χ0) is 24.3. The molecule has 0 N–H and O–H groups in total. The van der Waals surface area contributed by atoms with Crippen LogP contribution in [0.5, 0.6) is 0 Å². The van der Waals surface area contributed by atoms with Crippen LogP contribution in [0.1, 0.15) is 17.0 Å². The summed E-state index contributed by atoms with van der Waals surface area (Å²) in [6.07, 6.45) is -0.837. The van der Waals surface area contributed by atoms with Crippen LogP contribution in [0.15, 0.2) is 41.8 Å². The third kappa shape index (κ3) is 3.75. The molecule has 0 spiro atoms. The van der Waals surface area contributed by atoms with E-state index in [9.17, 15) is 26.4 Å². The summed E-state index contributed by atoms with van der Waals surface area (Å²) in [5.41, 5.74) is 0.234. The van der Waals surface area contributed by atoms with Crippen molar-refractivity contribution in [1.82, 2.24) is 28.9 Å². The fourth-order valence-electron chi connectivity index (χ4n) is 3.95. The third-order valence-electron chi connectivity index (χ3n) is 5.63. The molecule has 0 atom stereocenters. The summed E-state index contributed by atoms with van der Waals surface area (Å²) >= 11 is 6.27. The van der Waals surface area contributed by atoms with Crippen molar-refractivity contribution in [1.29, 1.82) is 0 Å². The number of hydrogen-bond acceptors (Lipinski definition) is 7. The summed E-state index contributed by atoms with van der Waals surface area (Å²) in [7, 11) is -4.30. The molecule has 0 radical (unpaired) electrons. The third-order valence-corrected chi connectivity index (χ3v) is 7.36. The minimum atomic E-state index is -4.54. The van der Waals surface area contributed by atoms with Gasteiger partial charge in [-0.1, -0.05) is 11.6 Å². The van der Waals surface area contributed by atoms with E-state index in [1.807, 2.05) is 0 Å². The van der Waals surface area contributed by atoms with Crippen molar-refractivity contribution in [2.45, 2.75) is 36.3 Å². The first-order chi connectivity index (χ1) is 16.0. The summed E-state index contributed by atoms with van der Waals surface area (Å²) in [5, 5.41) is 7.35. The highest BCUT2D eigenvalue weighted by molar-refractivity contribution is 7.89. The van der Waals surface area contributed by atoms with Gasteiger partial charge in [-0.25, -0.2) is 0 Å². The largest absolute Gasteiger partial charge is 0.408 e. The zero-order valence-corrected chi connectivity index (χ0v) is 18.8. The molecule has 15 heteroatoms. The Balaban J connectivity index is 1.35. The first-order valence-corrected chi connectivity index (χ1v) is 11.7. The standard InChI is InChI=1S/C19H16ClF3N6O4S/c20-13-2-1-4-24-16(13)18(10-33-11-18)17(30)27-6-12-7-29(25-14(12)8-27)34(31,32)15-3-5-28(26-15)9-19(21,22)23/h1-5,7H,6,8-11H2. The molecule has 0 unspecified atom stereocenters. The first-order valence-electron chi connectivity index (χ1n) is 9.91. The smallest absolute Gasteiger partial charge is 0.378 e. The molecule has 3 aromatic heterocycles. The zero-order valence-electron chi connectivity index (χ0n) is 17.2. The number of carbonyl (C=O) groups excluding carboxylic acids is 1. The molecule has 2 aliphatic rings. The summed E-state index contributed by atoms with van der Waals surface area (Å²) < 4.78 is 69.7. The predicted molar refractivity (Wildman–Crippen MR) is 109 cm³/mol. The molecule has 0 aliphatic carbocycles. The normalized spacial score (nSPS) is 17.5. The number of fused-ring (bicyclic) bond motifs is 1. The van der Waals surface area contributed by atoms with E-state index in [4.69, 9.17) is 16.3 Å². The fraction of sp³-hybridized carbons (Fsp3) is 0.368.